The Morgan fingerprint density at radius 2 is 1.43 bits per heavy atom. The Bertz CT molecular complexity index is 1430. The van der Waals surface area contributed by atoms with Gasteiger partial charge in [-0.3, -0.25) is 9.11 Å². The van der Waals surface area contributed by atoms with Crippen LogP contribution in [0.25, 0.3) is 10.8 Å². The number of fused-ring (bicyclic) bond motifs is 1. The molecule has 0 aliphatic heterocycles. The summed E-state index contributed by atoms with van der Waals surface area (Å²) in [5.41, 5.74) is 5.73. The van der Waals surface area contributed by atoms with Crippen molar-refractivity contribution in [3.63, 3.8) is 0 Å². The van der Waals surface area contributed by atoms with Crippen LogP contribution in [0.3, 0.4) is 0 Å². The molecule has 0 aromatic heterocycles. The molecular formula is C17H13N3O8S2. The quantitative estimate of drug-likeness (QED) is 0.256. The number of carboxylic acid groups (broad SMARTS) is 1. The monoisotopic (exact) mass is 451 g/mol. The molecular weight excluding hydrogens is 438 g/mol. The van der Waals surface area contributed by atoms with Crippen molar-refractivity contribution in [3.8, 4) is 0 Å². The average molecular weight is 451 g/mol. The van der Waals surface area contributed by atoms with Crippen LogP contribution in [0.2, 0.25) is 0 Å². The third-order valence-corrected chi connectivity index (χ3v) is 5.72. The van der Waals surface area contributed by atoms with Gasteiger partial charge < -0.3 is 10.8 Å². The number of azo groups is 1. The maximum Gasteiger partial charge on any atom is 0.337 e. The summed E-state index contributed by atoms with van der Waals surface area (Å²) in [6, 6.07) is 9.53. The number of carboxylic acids is 1. The molecule has 0 fully saturated rings. The zero-order valence-corrected chi connectivity index (χ0v) is 16.4. The first-order valence-corrected chi connectivity index (χ1v) is 10.8. The van der Waals surface area contributed by atoms with Gasteiger partial charge in [0.25, 0.3) is 20.2 Å². The minimum absolute atomic E-state index is 0.0413. The van der Waals surface area contributed by atoms with E-state index >= 15 is 0 Å². The Morgan fingerprint density at radius 3 is 2.00 bits per heavy atom. The normalized spacial score (nSPS) is 12.5. The zero-order valence-electron chi connectivity index (χ0n) is 14.8. The third-order valence-electron chi connectivity index (χ3n) is 4.00. The van der Waals surface area contributed by atoms with Gasteiger partial charge in [0.15, 0.2) is 0 Å². The van der Waals surface area contributed by atoms with Gasteiger partial charge in [-0.15, -0.1) is 0 Å². The fourth-order valence-electron chi connectivity index (χ4n) is 2.62. The Hall–Kier alpha value is -3.39. The molecule has 5 N–H and O–H groups in total. The smallest absolute Gasteiger partial charge is 0.337 e. The second-order valence-electron chi connectivity index (χ2n) is 6.05. The molecule has 0 aliphatic carbocycles. The summed E-state index contributed by atoms with van der Waals surface area (Å²) in [4.78, 5) is 9.68. The number of carbonyl (C=O) groups is 1. The highest BCUT2D eigenvalue weighted by molar-refractivity contribution is 7.86. The number of hydrogen-bond acceptors (Lipinski definition) is 8. The van der Waals surface area contributed by atoms with Gasteiger partial charge in [-0.2, -0.15) is 27.1 Å². The Morgan fingerprint density at radius 1 is 0.833 bits per heavy atom. The van der Waals surface area contributed by atoms with Gasteiger partial charge in [0.05, 0.1) is 21.8 Å². The van der Waals surface area contributed by atoms with Crippen LogP contribution in [0.1, 0.15) is 10.4 Å². The van der Waals surface area contributed by atoms with Gasteiger partial charge in [0.1, 0.15) is 4.90 Å². The van der Waals surface area contributed by atoms with Crippen LogP contribution in [0.5, 0.6) is 0 Å². The fraction of sp³-hybridized carbons (Fsp3) is 0. The number of nitrogens with two attached hydrogens (primary N) is 1. The molecule has 0 bridgehead atoms. The first-order valence-electron chi connectivity index (χ1n) is 7.93. The lowest BCUT2D eigenvalue weighted by atomic mass is 10.1. The molecule has 11 nitrogen and oxygen atoms in total. The number of rotatable bonds is 5. The highest BCUT2D eigenvalue weighted by Gasteiger charge is 2.20. The maximum atomic E-state index is 11.7. The molecule has 0 saturated carbocycles. The number of anilines is 1. The highest BCUT2D eigenvalue weighted by Crippen LogP contribution is 2.31. The number of benzene rings is 3. The van der Waals surface area contributed by atoms with E-state index in [1.165, 1.54) is 36.4 Å². The third kappa shape index (κ3) is 4.44. The molecule has 3 aromatic rings. The summed E-state index contributed by atoms with van der Waals surface area (Å²) in [6.07, 6.45) is 0. The number of nitrogen functional groups attached to an aromatic ring is 1. The molecule has 0 amide bonds. The first-order chi connectivity index (χ1) is 13.9. The van der Waals surface area contributed by atoms with Gasteiger partial charge in [-0.1, -0.05) is 6.07 Å². The van der Waals surface area contributed by atoms with Crippen LogP contribution >= 0.6 is 0 Å². The van der Waals surface area contributed by atoms with Crippen LogP contribution in [-0.2, 0) is 20.2 Å². The van der Waals surface area contributed by atoms with Crippen molar-refractivity contribution in [2.75, 3.05) is 5.73 Å². The predicted molar refractivity (Wildman–Crippen MR) is 106 cm³/mol. The maximum absolute atomic E-state index is 11.7. The van der Waals surface area contributed by atoms with Crippen molar-refractivity contribution in [3.05, 3.63) is 54.1 Å². The number of hydrogen-bond donors (Lipinski definition) is 4. The molecule has 0 unspecified atom stereocenters. The van der Waals surface area contributed by atoms with Gasteiger partial charge in [0.2, 0.25) is 0 Å². The second kappa shape index (κ2) is 7.46. The SMILES string of the molecule is Nc1ccc(N=Nc2ccc3cc(S(=O)(=O)O)cc(S(=O)(=O)O)c3c2)cc1C(=O)O. The first kappa shape index (κ1) is 21.3. The van der Waals surface area contributed by atoms with Crippen LogP contribution in [0.4, 0.5) is 17.1 Å². The van der Waals surface area contributed by atoms with Crippen molar-refractivity contribution in [1.82, 2.24) is 0 Å². The van der Waals surface area contributed by atoms with Crippen molar-refractivity contribution in [2.45, 2.75) is 9.79 Å². The van der Waals surface area contributed by atoms with Gasteiger partial charge in [-0.25, -0.2) is 4.79 Å². The van der Waals surface area contributed by atoms with E-state index in [9.17, 15) is 30.7 Å². The minimum Gasteiger partial charge on any atom is -0.478 e. The largest absolute Gasteiger partial charge is 0.478 e. The van der Waals surface area contributed by atoms with Gasteiger partial charge >= 0.3 is 5.97 Å². The van der Waals surface area contributed by atoms with Crippen molar-refractivity contribution in [2.24, 2.45) is 10.2 Å². The van der Waals surface area contributed by atoms with Crippen LogP contribution in [-0.4, -0.2) is 37.0 Å². The van der Waals surface area contributed by atoms with Crippen LogP contribution in [0, 0.1) is 0 Å². The molecule has 156 valence electrons. The van der Waals surface area contributed by atoms with Crippen LogP contribution in [0.15, 0.2) is 68.6 Å². The van der Waals surface area contributed by atoms with Gasteiger partial charge in [-0.05, 0) is 47.9 Å². The van der Waals surface area contributed by atoms with Crippen molar-refractivity contribution in [1.29, 1.82) is 0 Å². The van der Waals surface area contributed by atoms with E-state index in [1.807, 2.05) is 0 Å². The zero-order chi connectivity index (χ0) is 22.3. The lowest BCUT2D eigenvalue weighted by molar-refractivity contribution is 0.0698. The Kier molecular flexibility index (Phi) is 5.30. The molecule has 3 rings (SSSR count). The Labute approximate surface area is 170 Å². The van der Waals surface area contributed by atoms with E-state index in [-0.39, 0.29) is 33.4 Å². The molecule has 0 radical (unpaired) electrons. The molecule has 0 spiro atoms. The highest BCUT2D eigenvalue weighted by atomic mass is 32.2. The lowest BCUT2D eigenvalue weighted by Gasteiger charge is -2.07. The van der Waals surface area contributed by atoms with Crippen molar-refractivity contribution < 1.29 is 35.8 Å². The molecule has 0 atom stereocenters. The van der Waals surface area contributed by atoms with E-state index in [4.69, 9.17) is 10.8 Å². The molecule has 0 heterocycles. The van der Waals surface area contributed by atoms with E-state index < -0.39 is 36.0 Å². The summed E-state index contributed by atoms with van der Waals surface area (Å²) in [6.45, 7) is 0. The standard InChI is InChI=1S/C17H13N3O8S2/c18-15-4-3-11(7-14(15)17(21)22)20-19-10-2-1-9-5-12(29(23,24)25)8-16(13(9)6-10)30(26,27)28/h1-8H,18H2,(H,21,22)(H,23,24,25)(H,26,27,28). The summed E-state index contributed by atoms with van der Waals surface area (Å²) in [7, 11) is -9.57. The molecule has 0 saturated heterocycles. The molecule has 0 aliphatic rings. The molecule has 3 aromatic carbocycles. The van der Waals surface area contributed by atoms with E-state index in [1.54, 1.807) is 0 Å². The lowest BCUT2D eigenvalue weighted by Crippen LogP contribution is -2.04. The van der Waals surface area contributed by atoms with E-state index in [0.717, 1.165) is 6.07 Å². The summed E-state index contributed by atoms with van der Waals surface area (Å²) < 4.78 is 64.8. The van der Waals surface area contributed by atoms with E-state index in [2.05, 4.69) is 10.2 Å². The molecule has 30 heavy (non-hydrogen) atoms. The summed E-state index contributed by atoms with van der Waals surface area (Å²) >= 11 is 0. The fourth-order valence-corrected chi connectivity index (χ4v) is 3.96. The molecule has 13 heteroatoms. The number of aromatic carboxylic acids is 1. The van der Waals surface area contributed by atoms with Crippen LogP contribution < -0.4 is 5.73 Å². The second-order valence-corrected chi connectivity index (χ2v) is 8.87. The number of nitrogens with zero attached hydrogens (tertiary/aromatic N) is 2. The Balaban J connectivity index is 2.12. The van der Waals surface area contributed by atoms with Crippen molar-refractivity contribution >= 4 is 54.0 Å². The summed E-state index contributed by atoms with van der Waals surface area (Å²) in [5.74, 6) is -1.25. The van der Waals surface area contributed by atoms with Gasteiger partial charge in [0, 0.05) is 11.1 Å². The predicted octanol–water partition coefficient (Wildman–Crippen LogP) is 3.03. The summed E-state index contributed by atoms with van der Waals surface area (Å²) in [5, 5.41) is 16.9. The average Bonchev–Trinajstić information content (AvgIpc) is 2.64. The van der Waals surface area contributed by atoms with E-state index in [0.29, 0.717) is 6.07 Å². The minimum atomic E-state index is -4.84. The topological polar surface area (TPSA) is 197 Å².